The third-order valence-electron chi connectivity index (χ3n) is 4.34. The number of morpholine rings is 1. The van der Waals surface area contributed by atoms with Gasteiger partial charge in [0.25, 0.3) is 5.56 Å². The average Bonchev–Trinajstić information content (AvgIpc) is 2.56. The van der Waals surface area contributed by atoms with Gasteiger partial charge in [0.1, 0.15) is 0 Å². The van der Waals surface area contributed by atoms with Crippen molar-refractivity contribution in [1.82, 2.24) is 4.40 Å². The Hall–Kier alpha value is -1.81. The van der Waals surface area contributed by atoms with Gasteiger partial charge in [-0.2, -0.15) is 0 Å². The molecular formula is C18H24N2O2. The summed E-state index contributed by atoms with van der Waals surface area (Å²) in [7, 11) is 0. The van der Waals surface area contributed by atoms with Crippen LogP contribution in [0.2, 0.25) is 0 Å². The highest BCUT2D eigenvalue weighted by atomic mass is 16.5. The summed E-state index contributed by atoms with van der Waals surface area (Å²) in [6.45, 7) is 5.39. The zero-order chi connectivity index (χ0) is 15.4. The van der Waals surface area contributed by atoms with Gasteiger partial charge in [0.15, 0.2) is 0 Å². The zero-order valence-electron chi connectivity index (χ0n) is 13.3. The maximum Gasteiger partial charge on any atom is 0.257 e. The fourth-order valence-electron chi connectivity index (χ4n) is 3.08. The quantitative estimate of drug-likeness (QED) is 0.796. The molecule has 0 radical (unpaired) electrons. The Kier molecular flexibility index (Phi) is 4.78. The molecule has 4 nitrogen and oxygen atoms in total. The number of nitrogens with zero attached hydrogens (tertiary/aromatic N) is 2. The van der Waals surface area contributed by atoms with Crippen LogP contribution in [0.3, 0.4) is 0 Å². The predicted octanol–water partition coefficient (Wildman–Crippen LogP) is 2.87. The van der Waals surface area contributed by atoms with Crippen LogP contribution in [0.5, 0.6) is 0 Å². The first kappa shape index (κ1) is 15.1. The fourth-order valence-corrected chi connectivity index (χ4v) is 3.08. The molecule has 0 spiro atoms. The van der Waals surface area contributed by atoms with Crippen molar-refractivity contribution in [2.24, 2.45) is 0 Å². The van der Waals surface area contributed by atoms with E-state index in [4.69, 9.17) is 4.74 Å². The Morgan fingerprint density at radius 1 is 1.18 bits per heavy atom. The molecule has 2 aromatic heterocycles. The maximum atomic E-state index is 12.4. The standard InChI is InChI=1S/C18H24N2O2/c1-2-3-4-6-15-7-5-8-20-17(15)13-16(14-18(20)21)19-9-11-22-12-10-19/h5,7-8,13-14H,2-4,6,9-12H2,1H3. The van der Waals surface area contributed by atoms with Gasteiger partial charge < -0.3 is 9.64 Å². The van der Waals surface area contributed by atoms with Crippen molar-refractivity contribution < 1.29 is 4.74 Å². The van der Waals surface area contributed by atoms with E-state index in [9.17, 15) is 4.79 Å². The summed E-state index contributed by atoms with van der Waals surface area (Å²) in [5.41, 5.74) is 3.39. The van der Waals surface area contributed by atoms with Crippen molar-refractivity contribution in [1.29, 1.82) is 0 Å². The lowest BCUT2D eigenvalue weighted by Crippen LogP contribution is -2.37. The van der Waals surface area contributed by atoms with Crippen LogP contribution < -0.4 is 10.5 Å². The monoisotopic (exact) mass is 300 g/mol. The van der Waals surface area contributed by atoms with Crippen LogP contribution in [-0.2, 0) is 11.2 Å². The largest absolute Gasteiger partial charge is 0.378 e. The van der Waals surface area contributed by atoms with Gasteiger partial charge in [0.05, 0.1) is 18.7 Å². The maximum absolute atomic E-state index is 12.4. The Morgan fingerprint density at radius 2 is 2.00 bits per heavy atom. The summed E-state index contributed by atoms with van der Waals surface area (Å²) in [5, 5.41) is 0. The van der Waals surface area contributed by atoms with Crippen molar-refractivity contribution in [2.75, 3.05) is 31.2 Å². The lowest BCUT2D eigenvalue weighted by atomic mass is 10.1. The number of fused-ring (bicyclic) bond motifs is 1. The Balaban J connectivity index is 1.98. The number of ether oxygens (including phenoxy) is 1. The van der Waals surface area contributed by atoms with Crippen molar-refractivity contribution in [3.05, 3.63) is 46.4 Å². The van der Waals surface area contributed by atoms with Crippen LogP contribution in [0.4, 0.5) is 5.69 Å². The van der Waals surface area contributed by atoms with E-state index >= 15 is 0 Å². The summed E-state index contributed by atoms with van der Waals surface area (Å²) < 4.78 is 7.17. The summed E-state index contributed by atoms with van der Waals surface area (Å²) in [6.07, 6.45) is 6.51. The number of hydrogen-bond donors (Lipinski definition) is 0. The van der Waals surface area contributed by atoms with E-state index < -0.39 is 0 Å². The molecule has 2 aromatic rings. The normalized spacial score (nSPS) is 15.4. The SMILES string of the molecule is CCCCCc1cccn2c(=O)cc(N3CCOCC3)cc12. The summed E-state index contributed by atoms with van der Waals surface area (Å²) in [6, 6.07) is 8.03. The van der Waals surface area contributed by atoms with Crippen LogP contribution in [0, 0.1) is 0 Å². The molecule has 0 aromatic carbocycles. The second kappa shape index (κ2) is 6.97. The molecule has 3 rings (SSSR count). The molecule has 0 atom stereocenters. The number of anilines is 1. The Labute approximate surface area is 131 Å². The molecule has 1 aliphatic rings. The van der Waals surface area contributed by atoms with E-state index in [0.29, 0.717) is 0 Å². The number of pyridine rings is 2. The molecule has 0 unspecified atom stereocenters. The van der Waals surface area contributed by atoms with Crippen LogP contribution in [-0.4, -0.2) is 30.7 Å². The average molecular weight is 300 g/mol. The van der Waals surface area contributed by atoms with Gasteiger partial charge in [-0.25, -0.2) is 0 Å². The molecule has 0 aliphatic carbocycles. The molecule has 3 heterocycles. The molecule has 1 fully saturated rings. The summed E-state index contributed by atoms with van der Waals surface area (Å²) in [4.78, 5) is 14.7. The van der Waals surface area contributed by atoms with Crippen LogP contribution in [0.25, 0.3) is 5.52 Å². The van der Waals surface area contributed by atoms with E-state index in [0.717, 1.165) is 43.9 Å². The molecule has 118 valence electrons. The Morgan fingerprint density at radius 3 is 2.77 bits per heavy atom. The number of aromatic nitrogens is 1. The van der Waals surface area contributed by atoms with E-state index in [-0.39, 0.29) is 5.56 Å². The van der Waals surface area contributed by atoms with Gasteiger partial charge in [0, 0.05) is 31.0 Å². The van der Waals surface area contributed by atoms with Gasteiger partial charge in [-0.1, -0.05) is 25.8 Å². The van der Waals surface area contributed by atoms with Gasteiger partial charge in [-0.15, -0.1) is 0 Å². The highest BCUT2D eigenvalue weighted by molar-refractivity contribution is 5.63. The second-order valence-electron chi connectivity index (χ2n) is 5.90. The molecule has 0 amide bonds. The predicted molar refractivity (Wildman–Crippen MR) is 89.9 cm³/mol. The molecule has 22 heavy (non-hydrogen) atoms. The molecular weight excluding hydrogens is 276 g/mol. The number of aryl methyl sites for hydroxylation is 1. The van der Waals surface area contributed by atoms with Crippen LogP contribution in [0.15, 0.2) is 35.3 Å². The van der Waals surface area contributed by atoms with Gasteiger partial charge in [-0.3, -0.25) is 9.20 Å². The van der Waals surface area contributed by atoms with Crippen molar-refractivity contribution in [3.63, 3.8) is 0 Å². The van der Waals surface area contributed by atoms with Gasteiger partial charge >= 0.3 is 0 Å². The third kappa shape index (κ3) is 3.17. The van der Waals surface area contributed by atoms with Crippen molar-refractivity contribution in [3.8, 4) is 0 Å². The zero-order valence-corrected chi connectivity index (χ0v) is 13.3. The number of rotatable bonds is 5. The molecule has 4 heteroatoms. The van der Waals surface area contributed by atoms with Crippen LogP contribution in [0.1, 0.15) is 31.7 Å². The highest BCUT2D eigenvalue weighted by Crippen LogP contribution is 2.20. The highest BCUT2D eigenvalue weighted by Gasteiger charge is 2.13. The minimum absolute atomic E-state index is 0.0522. The molecule has 1 saturated heterocycles. The number of hydrogen-bond acceptors (Lipinski definition) is 3. The lowest BCUT2D eigenvalue weighted by molar-refractivity contribution is 0.122. The minimum Gasteiger partial charge on any atom is -0.378 e. The third-order valence-corrected chi connectivity index (χ3v) is 4.34. The minimum atomic E-state index is 0.0522. The van der Waals surface area contributed by atoms with E-state index in [2.05, 4.69) is 24.0 Å². The molecule has 0 N–H and O–H groups in total. The topological polar surface area (TPSA) is 34.0 Å². The Bertz CT molecular complexity index is 687. The lowest BCUT2D eigenvalue weighted by Gasteiger charge is -2.29. The first-order valence-electron chi connectivity index (χ1n) is 8.26. The van der Waals surface area contributed by atoms with Crippen LogP contribution >= 0.6 is 0 Å². The van der Waals surface area contributed by atoms with E-state index in [1.54, 1.807) is 10.5 Å². The molecule has 0 saturated carbocycles. The molecule has 0 bridgehead atoms. The summed E-state index contributed by atoms with van der Waals surface area (Å²) >= 11 is 0. The van der Waals surface area contributed by atoms with Crippen molar-refractivity contribution in [2.45, 2.75) is 32.6 Å². The first-order chi connectivity index (χ1) is 10.8. The van der Waals surface area contributed by atoms with E-state index in [1.165, 1.54) is 24.8 Å². The summed E-state index contributed by atoms with van der Waals surface area (Å²) in [5.74, 6) is 0. The van der Waals surface area contributed by atoms with E-state index in [1.807, 2.05) is 12.3 Å². The second-order valence-corrected chi connectivity index (χ2v) is 5.90. The smallest absolute Gasteiger partial charge is 0.257 e. The van der Waals surface area contributed by atoms with Crippen molar-refractivity contribution >= 4 is 11.2 Å². The number of unbranched alkanes of at least 4 members (excludes halogenated alkanes) is 2. The van der Waals surface area contributed by atoms with Gasteiger partial charge in [-0.05, 0) is 30.5 Å². The van der Waals surface area contributed by atoms with Gasteiger partial charge in [0.2, 0.25) is 0 Å². The fraction of sp³-hybridized carbons (Fsp3) is 0.500. The molecule has 1 aliphatic heterocycles. The first-order valence-corrected chi connectivity index (χ1v) is 8.26.